The van der Waals surface area contributed by atoms with Gasteiger partial charge in [0, 0.05) is 17.1 Å². The zero-order valence-electron chi connectivity index (χ0n) is 10.1. The Bertz CT molecular complexity index is 453. The van der Waals surface area contributed by atoms with E-state index in [4.69, 9.17) is 4.74 Å². The Morgan fingerprint density at radius 2 is 2.33 bits per heavy atom. The molecule has 18 heavy (non-hydrogen) atoms. The maximum absolute atomic E-state index is 13.6. The third-order valence-electron chi connectivity index (χ3n) is 3.00. The Morgan fingerprint density at radius 3 is 3.00 bits per heavy atom. The molecule has 1 fully saturated rings. The smallest absolute Gasteiger partial charge is 0.254 e. The van der Waals surface area contributed by atoms with Crippen LogP contribution in [0.15, 0.2) is 22.7 Å². The van der Waals surface area contributed by atoms with Crippen LogP contribution in [-0.2, 0) is 4.74 Å². The van der Waals surface area contributed by atoms with Gasteiger partial charge in [-0.25, -0.2) is 4.39 Å². The molecule has 2 atom stereocenters. The number of carbonyl (C=O) groups is 1. The van der Waals surface area contributed by atoms with Crippen molar-refractivity contribution >= 4 is 21.8 Å². The molecule has 2 rings (SSSR count). The van der Waals surface area contributed by atoms with E-state index in [-0.39, 0.29) is 23.6 Å². The minimum Gasteiger partial charge on any atom is -0.378 e. The average molecular weight is 316 g/mol. The Hall–Kier alpha value is -0.940. The van der Waals surface area contributed by atoms with Crippen molar-refractivity contribution < 1.29 is 13.9 Å². The maximum atomic E-state index is 13.6. The zero-order chi connectivity index (χ0) is 13.1. The SMILES string of the molecule is CC1CC(NC(=O)c2ccc(Br)cc2F)CCO1. The fourth-order valence-corrected chi connectivity index (χ4v) is 2.40. The molecule has 98 valence electrons. The molecule has 5 heteroatoms. The fraction of sp³-hybridized carbons (Fsp3) is 0.462. The Balaban J connectivity index is 2.03. The quantitative estimate of drug-likeness (QED) is 0.911. The predicted molar refractivity (Wildman–Crippen MR) is 70.0 cm³/mol. The number of hydrogen-bond acceptors (Lipinski definition) is 2. The number of amides is 1. The van der Waals surface area contributed by atoms with Gasteiger partial charge in [-0.3, -0.25) is 4.79 Å². The molecule has 3 nitrogen and oxygen atoms in total. The van der Waals surface area contributed by atoms with Crippen LogP contribution in [0.5, 0.6) is 0 Å². The van der Waals surface area contributed by atoms with E-state index in [0.29, 0.717) is 11.1 Å². The average Bonchev–Trinajstić information content (AvgIpc) is 2.28. The lowest BCUT2D eigenvalue weighted by Gasteiger charge is -2.27. The van der Waals surface area contributed by atoms with Gasteiger partial charge in [-0.1, -0.05) is 15.9 Å². The van der Waals surface area contributed by atoms with Crippen molar-refractivity contribution in [1.82, 2.24) is 5.32 Å². The number of nitrogens with one attached hydrogen (secondary N) is 1. The van der Waals surface area contributed by atoms with Crippen LogP contribution in [-0.4, -0.2) is 24.7 Å². The number of rotatable bonds is 2. The van der Waals surface area contributed by atoms with Gasteiger partial charge >= 0.3 is 0 Å². The lowest BCUT2D eigenvalue weighted by Crippen LogP contribution is -2.41. The number of carbonyl (C=O) groups excluding carboxylic acids is 1. The molecule has 1 N–H and O–H groups in total. The molecule has 0 saturated carbocycles. The summed E-state index contributed by atoms with van der Waals surface area (Å²) in [6.45, 7) is 2.60. The second-order valence-corrected chi connectivity index (χ2v) is 5.42. The second-order valence-electron chi connectivity index (χ2n) is 4.50. The van der Waals surface area contributed by atoms with Gasteiger partial charge in [0.05, 0.1) is 11.7 Å². The van der Waals surface area contributed by atoms with Gasteiger partial charge in [-0.2, -0.15) is 0 Å². The molecule has 2 unspecified atom stereocenters. The van der Waals surface area contributed by atoms with Crippen LogP contribution in [0, 0.1) is 5.82 Å². The van der Waals surface area contributed by atoms with Crippen LogP contribution in [0.4, 0.5) is 4.39 Å². The van der Waals surface area contributed by atoms with Gasteiger partial charge in [0.25, 0.3) is 5.91 Å². The van der Waals surface area contributed by atoms with Crippen molar-refractivity contribution in [2.75, 3.05) is 6.61 Å². The summed E-state index contributed by atoms with van der Waals surface area (Å²) in [6, 6.07) is 4.49. The summed E-state index contributed by atoms with van der Waals surface area (Å²) in [5.74, 6) is -0.874. The third kappa shape index (κ3) is 3.29. The van der Waals surface area contributed by atoms with Gasteiger partial charge < -0.3 is 10.1 Å². The van der Waals surface area contributed by atoms with Gasteiger partial charge in [-0.15, -0.1) is 0 Å². The Labute approximate surface area is 114 Å². The number of benzene rings is 1. The molecule has 0 bridgehead atoms. The zero-order valence-corrected chi connectivity index (χ0v) is 11.7. The summed E-state index contributed by atoms with van der Waals surface area (Å²) in [5, 5.41) is 2.85. The Kier molecular flexibility index (Phi) is 4.35. The van der Waals surface area contributed by atoms with Gasteiger partial charge in [0.2, 0.25) is 0 Å². The van der Waals surface area contributed by atoms with Gasteiger partial charge in [0.15, 0.2) is 0 Å². The summed E-state index contributed by atoms with van der Waals surface area (Å²) < 4.78 is 19.6. The lowest BCUT2D eigenvalue weighted by molar-refractivity contribution is 0.0136. The van der Waals surface area contributed by atoms with E-state index in [1.165, 1.54) is 12.1 Å². The van der Waals surface area contributed by atoms with Crippen molar-refractivity contribution in [3.8, 4) is 0 Å². The van der Waals surface area contributed by atoms with Crippen LogP contribution < -0.4 is 5.32 Å². The molecule has 1 amide bonds. The highest BCUT2D eigenvalue weighted by Gasteiger charge is 2.22. The first-order valence-corrected chi connectivity index (χ1v) is 6.73. The van der Waals surface area contributed by atoms with E-state index in [9.17, 15) is 9.18 Å². The normalized spacial score (nSPS) is 23.7. The molecule has 0 spiro atoms. The molecule has 0 aliphatic carbocycles. The molecule has 1 aromatic carbocycles. The van der Waals surface area contributed by atoms with Crippen molar-refractivity contribution in [2.45, 2.75) is 31.9 Å². The minimum absolute atomic E-state index is 0.0595. The van der Waals surface area contributed by atoms with E-state index in [0.717, 1.165) is 12.8 Å². The molecule has 1 saturated heterocycles. The van der Waals surface area contributed by atoms with E-state index in [1.54, 1.807) is 6.07 Å². The summed E-state index contributed by atoms with van der Waals surface area (Å²) in [5.41, 5.74) is 0.0809. The number of hydrogen-bond donors (Lipinski definition) is 1. The molecule has 1 aliphatic rings. The minimum atomic E-state index is -0.512. The van der Waals surface area contributed by atoms with Gasteiger partial charge in [-0.05, 0) is 38.0 Å². The van der Waals surface area contributed by atoms with E-state index < -0.39 is 5.82 Å². The van der Waals surface area contributed by atoms with Crippen LogP contribution in [0.25, 0.3) is 0 Å². The van der Waals surface area contributed by atoms with Crippen LogP contribution in [0.3, 0.4) is 0 Å². The predicted octanol–water partition coefficient (Wildman–Crippen LogP) is 2.89. The first kappa shape index (κ1) is 13.5. The monoisotopic (exact) mass is 315 g/mol. The fourth-order valence-electron chi connectivity index (χ4n) is 2.07. The second kappa shape index (κ2) is 5.80. The molecule has 1 heterocycles. The molecule has 0 aromatic heterocycles. The molecule has 1 aliphatic heterocycles. The van der Waals surface area contributed by atoms with Crippen molar-refractivity contribution in [3.63, 3.8) is 0 Å². The first-order valence-electron chi connectivity index (χ1n) is 5.94. The van der Waals surface area contributed by atoms with Gasteiger partial charge in [0.1, 0.15) is 5.82 Å². The highest BCUT2D eigenvalue weighted by molar-refractivity contribution is 9.10. The van der Waals surface area contributed by atoms with E-state index in [2.05, 4.69) is 21.2 Å². The number of halogens is 2. The third-order valence-corrected chi connectivity index (χ3v) is 3.49. The van der Waals surface area contributed by atoms with E-state index in [1.807, 2.05) is 6.92 Å². The van der Waals surface area contributed by atoms with Crippen LogP contribution in [0.2, 0.25) is 0 Å². The first-order chi connectivity index (χ1) is 8.56. The van der Waals surface area contributed by atoms with Crippen LogP contribution >= 0.6 is 15.9 Å². The van der Waals surface area contributed by atoms with Crippen molar-refractivity contribution in [2.24, 2.45) is 0 Å². The molecular formula is C13H15BrFNO2. The Morgan fingerprint density at radius 1 is 1.56 bits per heavy atom. The molecule has 0 radical (unpaired) electrons. The summed E-state index contributed by atoms with van der Waals surface area (Å²) >= 11 is 3.16. The topological polar surface area (TPSA) is 38.3 Å². The van der Waals surface area contributed by atoms with E-state index >= 15 is 0 Å². The van der Waals surface area contributed by atoms with Crippen molar-refractivity contribution in [1.29, 1.82) is 0 Å². The molecular weight excluding hydrogens is 301 g/mol. The largest absolute Gasteiger partial charge is 0.378 e. The molecule has 1 aromatic rings. The summed E-state index contributed by atoms with van der Waals surface area (Å²) in [6.07, 6.45) is 1.68. The number of ether oxygens (including phenoxy) is 1. The standard InChI is InChI=1S/C13H15BrFNO2/c1-8-6-10(4-5-18-8)16-13(17)11-3-2-9(14)7-12(11)15/h2-3,7-8,10H,4-6H2,1H3,(H,16,17). The maximum Gasteiger partial charge on any atom is 0.254 e. The highest BCUT2D eigenvalue weighted by Crippen LogP contribution is 2.17. The highest BCUT2D eigenvalue weighted by atomic mass is 79.9. The summed E-state index contributed by atoms with van der Waals surface area (Å²) in [7, 11) is 0. The van der Waals surface area contributed by atoms with Crippen LogP contribution in [0.1, 0.15) is 30.1 Å². The lowest BCUT2D eigenvalue weighted by atomic mass is 10.0. The van der Waals surface area contributed by atoms with Crippen molar-refractivity contribution in [3.05, 3.63) is 34.1 Å². The summed E-state index contributed by atoms with van der Waals surface area (Å²) in [4.78, 5) is 11.9.